The fourth-order valence-electron chi connectivity index (χ4n) is 2.13. The fraction of sp³-hybridized carbons (Fsp3) is 0.667. The zero-order valence-electron chi connectivity index (χ0n) is 10.2. The zero-order chi connectivity index (χ0) is 11.8. The Hall–Kier alpha value is -1.32. The van der Waals surface area contributed by atoms with Crippen LogP contribution in [-0.4, -0.2) is 23.1 Å². The number of hydrogen-bond acceptors (Lipinski definition) is 3. The topological polar surface area (TPSA) is 49.0 Å². The van der Waals surface area contributed by atoms with E-state index in [1.165, 1.54) is 0 Å². The number of aryl methyl sites for hydroxylation is 1. The van der Waals surface area contributed by atoms with Gasteiger partial charge in [-0.15, -0.1) is 0 Å². The van der Waals surface area contributed by atoms with Crippen LogP contribution in [0.4, 0.5) is 5.82 Å². The monoisotopic (exact) mass is 221 g/mol. The first-order valence-corrected chi connectivity index (χ1v) is 5.85. The van der Waals surface area contributed by atoms with Gasteiger partial charge in [-0.25, -0.2) is 4.98 Å². The molecule has 16 heavy (non-hydrogen) atoms. The molecular weight excluding hydrogens is 202 g/mol. The van der Waals surface area contributed by atoms with E-state index < -0.39 is 0 Å². The molecule has 1 aromatic rings. The molecule has 0 bridgehead atoms. The lowest BCUT2D eigenvalue weighted by Crippen LogP contribution is -2.26. The zero-order valence-corrected chi connectivity index (χ0v) is 10.2. The Morgan fingerprint density at radius 1 is 1.56 bits per heavy atom. The van der Waals surface area contributed by atoms with Gasteiger partial charge >= 0.3 is 0 Å². The number of nitrogens with zero attached hydrogens (tertiary/aromatic N) is 2. The summed E-state index contributed by atoms with van der Waals surface area (Å²) in [5.41, 5.74) is 0.281. The summed E-state index contributed by atoms with van der Waals surface area (Å²) < 4.78 is 0. The molecular formula is C12H19N3O. The minimum atomic E-state index is -0.0495. The smallest absolute Gasteiger partial charge is 0.252 e. The van der Waals surface area contributed by atoms with Gasteiger partial charge in [0.2, 0.25) is 0 Å². The largest absolute Gasteiger partial charge is 0.356 e. The lowest BCUT2D eigenvalue weighted by molar-refractivity contribution is 0.418. The van der Waals surface area contributed by atoms with E-state index in [-0.39, 0.29) is 5.56 Å². The summed E-state index contributed by atoms with van der Waals surface area (Å²) >= 11 is 0. The van der Waals surface area contributed by atoms with Crippen molar-refractivity contribution in [3.05, 3.63) is 22.2 Å². The first kappa shape index (κ1) is 11.2. The maximum atomic E-state index is 11.5. The molecule has 0 atom stereocenters. The Kier molecular flexibility index (Phi) is 2.74. The molecule has 1 aliphatic heterocycles. The number of nitrogens with one attached hydrogen (secondary N) is 1. The number of rotatable bonds is 2. The Bertz CT molecular complexity index is 436. The highest BCUT2D eigenvalue weighted by atomic mass is 16.1. The molecule has 1 N–H and O–H groups in total. The molecule has 1 aliphatic rings. The molecule has 2 heterocycles. The third-order valence-electron chi connectivity index (χ3n) is 3.11. The van der Waals surface area contributed by atoms with Crippen molar-refractivity contribution in [1.82, 2.24) is 9.97 Å². The number of hydrogen-bond donors (Lipinski definition) is 1. The molecule has 1 aromatic heterocycles. The van der Waals surface area contributed by atoms with Gasteiger partial charge in [-0.3, -0.25) is 4.79 Å². The quantitative estimate of drug-likeness (QED) is 0.824. The Morgan fingerprint density at radius 2 is 2.31 bits per heavy atom. The van der Waals surface area contributed by atoms with E-state index in [1.807, 2.05) is 6.92 Å². The van der Waals surface area contributed by atoms with Gasteiger partial charge in [0, 0.05) is 25.6 Å². The third kappa shape index (κ3) is 2.26. The van der Waals surface area contributed by atoms with Crippen molar-refractivity contribution in [2.45, 2.75) is 33.6 Å². The molecule has 1 saturated heterocycles. The van der Waals surface area contributed by atoms with Gasteiger partial charge in [0.25, 0.3) is 5.56 Å². The highest BCUT2D eigenvalue weighted by Gasteiger charge is 2.30. The van der Waals surface area contributed by atoms with E-state index in [1.54, 1.807) is 6.07 Å². The SMILES string of the molecule is CCc1nc(N2CCC(C)(C)C2)cc(=O)[nH]1. The van der Waals surface area contributed by atoms with Crippen LogP contribution < -0.4 is 10.5 Å². The number of H-pyrrole nitrogens is 1. The summed E-state index contributed by atoms with van der Waals surface area (Å²) in [7, 11) is 0. The van der Waals surface area contributed by atoms with Crippen LogP contribution in [0.5, 0.6) is 0 Å². The fourth-order valence-corrected chi connectivity index (χ4v) is 2.13. The second kappa shape index (κ2) is 3.92. The highest BCUT2D eigenvalue weighted by molar-refractivity contribution is 5.39. The van der Waals surface area contributed by atoms with Gasteiger partial charge in [-0.05, 0) is 11.8 Å². The van der Waals surface area contributed by atoms with Crippen LogP contribution in [0, 0.1) is 5.41 Å². The number of aromatic amines is 1. The lowest BCUT2D eigenvalue weighted by Gasteiger charge is -2.20. The maximum absolute atomic E-state index is 11.5. The normalized spacial score (nSPS) is 19.1. The van der Waals surface area contributed by atoms with Crippen LogP contribution >= 0.6 is 0 Å². The van der Waals surface area contributed by atoms with Crippen molar-refractivity contribution in [2.75, 3.05) is 18.0 Å². The van der Waals surface area contributed by atoms with E-state index in [0.717, 1.165) is 37.6 Å². The van der Waals surface area contributed by atoms with Gasteiger partial charge in [0.1, 0.15) is 11.6 Å². The van der Waals surface area contributed by atoms with E-state index in [4.69, 9.17) is 0 Å². The molecule has 0 unspecified atom stereocenters. The van der Waals surface area contributed by atoms with E-state index >= 15 is 0 Å². The average molecular weight is 221 g/mol. The van der Waals surface area contributed by atoms with Gasteiger partial charge in [0.05, 0.1) is 0 Å². The first-order chi connectivity index (χ1) is 7.50. The summed E-state index contributed by atoms with van der Waals surface area (Å²) in [6.45, 7) is 8.47. The molecule has 0 aliphatic carbocycles. The maximum Gasteiger partial charge on any atom is 0.252 e. The van der Waals surface area contributed by atoms with Crippen molar-refractivity contribution < 1.29 is 0 Å². The standard InChI is InChI=1S/C12H19N3O/c1-4-9-13-10(7-11(16)14-9)15-6-5-12(2,3)8-15/h7H,4-6,8H2,1-3H3,(H,13,14,16). The van der Waals surface area contributed by atoms with Crippen LogP contribution in [0.3, 0.4) is 0 Å². The van der Waals surface area contributed by atoms with Gasteiger partial charge in [0.15, 0.2) is 0 Å². The van der Waals surface area contributed by atoms with Crippen molar-refractivity contribution in [3.63, 3.8) is 0 Å². The molecule has 0 radical (unpaired) electrons. The minimum Gasteiger partial charge on any atom is -0.356 e. The van der Waals surface area contributed by atoms with Crippen molar-refractivity contribution in [3.8, 4) is 0 Å². The molecule has 0 amide bonds. The second-order valence-corrected chi connectivity index (χ2v) is 5.24. The summed E-state index contributed by atoms with van der Waals surface area (Å²) in [4.78, 5) is 20.9. The second-order valence-electron chi connectivity index (χ2n) is 5.24. The predicted octanol–water partition coefficient (Wildman–Crippen LogP) is 1.57. The van der Waals surface area contributed by atoms with Crippen molar-refractivity contribution >= 4 is 5.82 Å². The van der Waals surface area contributed by atoms with Gasteiger partial charge in [-0.1, -0.05) is 20.8 Å². The number of aromatic nitrogens is 2. The molecule has 4 nitrogen and oxygen atoms in total. The predicted molar refractivity (Wildman–Crippen MR) is 64.8 cm³/mol. The summed E-state index contributed by atoms with van der Waals surface area (Å²) in [6.07, 6.45) is 1.92. The van der Waals surface area contributed by atoms with E-state index in [9.17, 15) is 4.79 Å². The van der Waals surface area contributed by atoms with Crippen molar-refractivity contribution in [2.24, 2.45) is 5.41 Å². The third-order valence-corrected chi connectivity index (χ3v) is 3.11. The molecule has 4 heteroatoms. The van der Waals surface area contributed by atoms with E-state index in [0.29, 0.717) is 5.41 Å². The Morgan fingerprint density at radius 3 is 2.88 bits per heavy atom. The number of anilines is 1. The van der Waals surface area contributed by atoms with Gasteiger partial charge in [-0.2, -0.15) is 0 Å². The van der Waals surface area contributed by atoms with Crippen LogP contribution in [0.1, 0.15) is 33.0 Å². The Labute approximate surface area is 95.7 Å². The first-order valence-electron chi connectivity index (χ1n) is 5.85. The van der Waals surface area contributed by atoms with Gasteiger partial charge < -0.3 is 9.88 Å². The van der Waals surface area contributed by atoms with E-state index in [2.05, 4.69) is 28.7 Å². The van der Waals surface area contributed by atoms with Crippen LogP contribution in [0.2, 0.25) is 0 Å². The molecule has 2 rings (SSSR count). The van der Waals surface area contributed by atoms with Crippen LogP contribution in [0.15, 0.2) is 10.9 Å². The molecule has 88 valence electrons. The Balaban J connectivity index is 2.28. The van der Waals surface area contributed by atoms with Crippen LogP contribution in [0.25, 0.3) is 0 Å². The average Bonchev–Trinajstić information content (AvgIpc) is 2.58. The molecule has 0 aromatic carbocycles. The summed E-state index contributed by atoms with van der Waals surface area (Å²) in [5.74, 6) is 1.60. The molecule has 1 fully saturated rings. The van der Waals surface area contributed by atoms with Crippen molar-refractivity contribution in [1.29, 1.82) is 0 Å². The molecule has 0 spiro atoms. The minimum absolute atomic E-state index is 0.0495. The lowest BCUT2D eigenvalue weighted by atomic mass is 9.93. The summed E-state index contributed by atoms with van der Waals surface area (Å²) in [6, 6.07) is 1.60. The summed E-state index contributed by atoms with van der Waals surface area (Å²) in [5, 5.41) is 0. The molecule has 0 saturated carbocycles. The van der Waals surface area contributed by atoms with Crippen LogP contribution in [-0.2, 0) is 6.42 Å². The highest BCUT2D eigenvalue weighted by Crippen LogP contribution is 2.30.